The zero-order valence-corrected chi connectivity index (χ0v) is 14.1. The minimum absolute atomic E-state index is 0.162. The van der Waals surface area contributed by atoms with Crippen molar-refractivity contribution in [2.24, 2.45) is 5.92 Å². The molecule has 1 aromatic heterocycles. The van der Waals surface area contributed by atoms with Crippen LogP contribution in [0.15, 0.2) is 16.5 Å². The monoisotopic (exact) mass is 327 g/mol. The number of piperidine rings is 1. The van der Waals surface area contributed by atoms with Gasteiger partial charge in [0.2, 0.25) is 10.0 Å². The summed E-state index contributed by atoms with van der Waals surface area (Å²) in [5.74, 6) is 2.12. The summed E-state index contributed by atoms with van der Waals surface area (Å²) >= 11 is 0. The van der Waals surface area contributed by atoms with Crippen LogP contribution >= 0.6 is 0 Å². The third-order valence-electron chi connectivity index (χ3n) is 4.82. The van der Waals surface area contributed by atoms with Gasteiger partial charge in [-0.3, -0.25) is 0 Å². The second kappa shape index (κ2) is 6.34. The van der Waals surface area contributed by atoms with Crippen LogP contribution in [0.2, 0.25) is 0 Å². The molecule has 0 unspecified atom stereocenters. The highest BCUT2D eigenvalue weighted by Gasteiger charge is 2.41. The van der Waals surface area contributed by atoms with Crippen molar-refractivity contribution in [3.8, 4) is 0 Å². The predicted octanol–water partition coefficient (Wildman–Crippen LogP) is 2.87. The van der Waals surface area contributed by atoms with Gasteiger partial charge in [0, 0.05) is 19.8 Å². The molecule has 0 N–H and O–H groups in total. The average molecular weight is 327 g/mol. The molecule has 0 radical (unpaired) electrons. The standard InChI is InChI=1S/C16H25NO4S/c1-12-5-8-17(15(11-12)16-4-3-13(2)21-16)22(18,19)14-6-9-20-10-7-14/h3-4,12,14-15H,5-11H2,1-2H3/t12-,15-/m0/s1. The van der Waals surface area contributed by atoms with Gasteiger partial charge >= 0.3 is 0 Å². The number of nitrogens with zero attached hydrogens (tertiary/aromatic N) is 1. The number of sulfonamides is 1. The Kier molecular flexibility index (Phi) is 4.61. The normalized spacial score (nSPS) is 28.8. The molecule has 22 heavy (non-hydrogen) atoms. The van der Waals surface area contributed by atoms with Crippen molar-refractivity contribution in [1.82, 2.24) is 4.31 Å². The lowest BCUT2D eigenvalue weighted by atomic mass is 9.93. The van der Waals surface area contributed by atoms with Crippen molar-refractivity contribution in [1.29, 1.82) is 0 Å². The van der Waals surface area contributed by atoms with Gasteiger partial charge in [-0.2, -0.15) is 4.31 Å². The summed E-state index contributed by atoms with van der Waals surface area (Å²) in [5.41, 5.74) is 0. The van der Waals surface area contributed by atoms with E-state index in [1.807, 2.05) is 19.1 Å². The molecule has 5 nitrogen and oxygen atoms in total. The van der Waals surface area contributed by atoms with E-state index in [4.69, 9.17) is 9.15 Å². The molecule has 0 saturated carbocycles. The molecular formula is C16H25NO4S. The summed E-state index contributed by atoms with van der Waals surface area (Å²) in [7, 11) is -3.30. The van der Waals surface area contributed by atoms with Crippen LogP contribution in [-0.4, -0.2) is 37.7 Å². The smallest absolute Gasteiger partial charge is 0.217 e. The third kappa shape index (κ3) is 3.09. The lowest BCUT2D eigenvalue weighted by Gasteiger charge is -2.39. The summed E-state index contributed by atoms with van der Waals surface area (Å²) < 4.78 is 38.9. The van der Waals surface area contributed by atoms with Crippen LogP contribution in [0.3, 0.4) is 0 Å². The lowest BCUT2D eigenvalue weighted by molar-refractivity contribution is 0.0952. The minimum atomic E-state index is -3.30. The van der Waals surface area contributed by atoms with Gasteiger partial charge in [-0.05, 0) is 50.7 Å². The molecule has 3 rings (SSSR count). The quantitative estimate of drug-likeness (QED) is 0.856. The van der Waals surface area contributed by atoms with Gasteiger partial charge in [0.15, 0.2) is 0 Å². The van der Waals surface area contributed by atoms with Crippen LogP contribution in [0.5, 0.6) is 0 Å². The third-order valence-corrected chi connectivity index (χ3v) is 7.23. The molecule has 0 bridgehead atoms. The topological polar surface area (TPSA) is 59.8 Å². The first-order valence-electron chi connectivity index (χ1n) is 8.13. The summed E-state index contributed by atoms with van der Waals surface area (Å²) in [6.07, 6.45) is 2.94. The molecule has 0 spiro atoms. The Morgan fingerprint density at radius 2 is 1.91 bits per heavy atom. The lowest BCUT2D eigenvalue weighted by Crippen LogP contribution is -2.46. The maximum atomic E-state index is 13.1. The van der Waals surface area contributed by atoms with Gasteiger partial charge in [0.25, 0.3) is 0 Å². The molecule has 0 aromatic carbocycles. The molecule has 2 atom stereocenters. The number of hydrogen-bond donors (Lipinski definition) is 0. The number of furan rings is 1. The number of aryl methyl sites for hydroxylation is 1. The molecule has 2 aliphatic rings. The first kappa shape index (κ1) is 16.0. The summed E-state index contributed by atoms with van der Waals surface area (Å²) in [6, 6.07) is 3.67. The fourth-order valence-corrected chi connectivity index (χ4v) is 5.56. The molecule has 0 aliphatic carbocycles. The molecule has 124 valence electrons. The first-order valence-corrected chi connectivity index (χ1v) is 9.63. The Hall–Kier alpha value is -0.850. The van der Waals surface area contributed by atoms with Crippen LogP contribution in [-0.2, 0) is 14.8 Å². The van der Waals surface area contributed by atoms with Crippen molar-refractivity contribution in [2.45, 2.75) is 50.8 Å². The molecular weight excluding hydrogens is 302 g/mol. The van der Waals surface area contributed by atoms with Crippen molar-refractivity contribution in [3.05, 3.63) is 23.7 Å². The van der Waals surface area contributed by atoms with Crippen LogP contribution < -0.4 is 0 Å². The van der Waals surface area contributed by atoms with Crippen molar-refractivity contribution >= 4 is 10.0 Å². The zero-order valence-electron chi connectivity index (χ0n) is 13.3. The maximum Gasteiger partial charge on any atom is 0.217 e. The predicted molar refractivity (Wildman–Crippen MR) is 84.1 cm³/mol. The van der Waals surface area contributed by atoms with Crippen LogP contribution in [0, 0.1) is 12.8 Å². The fraction of sp³-hybridized carbons (Fsp3) is 0.750. The van der Waals surface area contributed by atoms with E-state index in [0.717, 1.165) is 24.4 Å². The van der Waals surface area contributed by atoms with Crippen molar-refractivity contribution < 1.29 is 17.6 Å². The Bertz CT molecular complexity index is 603. The highest BCUT2D eigenvalue weighted by molar-refractivity contribution is 7.89. The van der Waals surface area contributed by atoms with Crippen LogP contribution in [0.1, 0.15) is 50.2 Å². The van der Waals surface area contributed by atoms with Crippen molar-refractivity contribution in [2.75, 3.05) is 19.8 Å². The van der Waals surface area contributed by atoms with Crippen LogP contribution in [0.25, 0.3) is 0 Å². The molecule has 1 aromatic rings. The largest absolute Gasteiger partial charge is 0.465 e. The van der Waals surface area contributed by atoms with E-state index >= 15 is 0 Å². The van der Waals surface area contributed by atoms with Gasteiger partial charge in [0.1, 0.15) is 11.5 Å². The molecule has 3 heterocycles. The Labute approximate surface area is 132 Å². The number of hydrogen-bond acceptors (Lipinski definition) is 4. The fourth-order valence-electron chi connectivity index (χ4n) is 3.48. The van der Waals surface area contributed by atoms with E-state index in [-0.39, 0.29) is 11.3 Å². The van der Waals surface area contributed by atoms with E-state index in [1.165, 1.54) is 0 Å². The number of rotatable bonds is 3. The van der Waals surface area contributed by atoms with Crippen LogP contribution in [0.4, 0.5) is 0 Å². The Balaban J connectivity index is 1.88. The first-order chi connectivity index (χ1) is 10.5. The second-order valence-electron chi connectivity index (χ2n) is 6.56. The Morgan fingerprint density at radius 3 is 2.55 bits per heavy atom. The van der Waals surface area contributed by atoms with Gasteiger partial charge in [-0.15, -0.1) is 0 Å². The SMILES string of the molecule is Cc1ccc([C@@H]2C[C@@H](C)CCN2S(=O)(=O)C2CCOCC2)o1. The van der Waals surface area contributed by atoms with E-state index in [1.54, 1.807) is 4.31 Å². The molecule has 6 heteroatoms. The van der Waals surface area contributed by atoms with Gasteiger partial charge < -0.3 is 9.15 Å². The molecule has 2 fully saturated rings. The molecule has 2 aliphatic heterocycles. The van der Waals surface area contributed by atoms with E-state index in [9.17, 15) is 8.42 Å². The van der Waals surface area contributed by atoms with Gasteiger partial charge in [0.05, 0.1) is 11.3 Å². The van der Waals surface area contributed by atoms with Gasteiger partial charge in [-0.25, -0.2) is 8.42 Å². The second-order valence-corrected chi connectivity index (χ2v) is 8.73. The highest BCUT2D eigenvalue weighted by atomic mass is 32.2. The van der Waals surface area contributed by atoms with Crippen molar-refractivity contribution in [3.63, 3.8) is 0 Å². The number of ether oxygens (including phenoxy) is 1. The van der Waals surface area contributed by atoms with E-state index in [2.05, 4.69) is 6.92 Å². The Morgan fingerprint density at radius 1 is 1.18 bits per heavy atom. The molecule has 0 amide bonds. The maximum absolute atomic E-state index is 13.1. The summed E-state index contributed by atoms with van der Waals surface area (Å²) in [4.78, 5) is 0. The summed E-state index contributed by atoms with van der Waals surface area (Å²) in [6.45, 7) is 5.75. The zero-order chi connectivity index (χ0) is 15.7. The summed E-state index contributed by atoms with van der Waals surface area (Å²) in [5, 5.41) is -0.312. The van der Waals surface area contributed by atoms with E-state index in [0.29, 0.717) is 38.5 Å². The minimum Gasteiger partial charge on any atom is -0.465 e. The average Bonchev–Trinajstić information content (AvgIpc) is 2.94. The highest BCUT2D eigenvalue weighted by Crippen LogP contribution is 2.38. The van der Waals surface area contributed by atoms with E-state index < -0.39 is 10.0 Å². The molecule has 2 saturated heterocycles. The van der Waals surface area contributed by atoms with Gasteiger partial charge in [-0.1, -0.05) is 6.92 Å².